The summed E-state index contributed by atoms with van der Waals surface area (Å²) in [5.41, 5.74) is 0.521. The van der Waals surface area contributed by atoms with Gasteiger partial charge in [-0.15, -0.1) is 0 Å². The van der Waals surface area contributed by atoms with Crippen LogP contribution in [0.4, 0.5) is 8.78 Å². The predicted molar refractivity (Wildman–Crippen MR) is 88.8 cm³/mol. The van der Waals surface area contributed by atoms with Crippen LogP contribution in [0.25, 0.3) is 0 Å². The Morgan fingerprint density at radius 2 is 1.73 bits per heavy atom. The van der Waals surface area contributed by atoms with Crippen LogP contribution in [0.1, 0.15) is 70.8 Å². The zero-order valence-corrected chi connectivity index (χ0v) is 14.1. The highest BCUT2D eigenvalue weighted by Crippen LogP contribution is 2.33. The lowest BCUT2D eigenvalue weighted by molar-refractivity contribution is 0.239. The van der Waals surface area contributed by atoms with Crippen LogP contribution in [0.15, 0.2) is 18.2 Å². The summed E-state index contributed by atoms with van der Waals surface area (Å²) in [7, 11) is 0. The number of aryl methyl sites for hydroxylation is 1. The van der Waals surface area contributed by atoms with Gasteiger partial charge in [0.15, 0.2) is 11.6 Å². The van der Waals surface area contributed by atoms with Gasteiger partial charge >= 0.3 is 0 Å². The van der Waals surface area contributed by atoms with Crippen molar-refractivity contribution < 1.29 is 8.78 Å². The summed E-state index contributed by atoms with van der Waals surface area (Å²) in [6, 6.07) is 4.49. The molecule has 1 aliphatic carbocycles. The molecule has 0 heterocycles. The van der Waals surface area contributed by atoms with Crippen LogP contribution in [0.3, 0.4) is 0 Å². The molecule has 0 aliphatic heterocycles. The lowest BCUT2D eigenvalue weighted by Gasteiger charge is -2.28. The number of halogens is 2. The zero-order valence-electron chi connectivity index (χ0n) is 14.1. The number of hydrogen-bond donors (Lipinski definition) is 0. The molecule has 0 bridgehead atoms. The standard InChI is InChI=1S/C20H30F2/c1-15(11-13-16(2)17-7-4-3-5-8-17)12-14-18-9-6-10-19(21)20(18)22/h6,9-10,15-17H,3-5,7-8,11-14H2,1-2H3. The van der Waals surface area contributed by atoms with Crippen LogP contribution in [0.2, 0.25) is 0 Å². The van der Waals surface area contributed by atoms with Gasteiger partial charge in [0, 0.05) is 0 Å². The normalized spacial score (nSPS) is 19.1. The van der Waals surface area contributed by atoms with Crippen molar-refractivity contribution in [3.63, 3.8) is 0 Å². The third kappa shape index (κ3) is 5.07. The van der Waals surface area contributed by atoms with Crippen molar-refractivity contribution in [3.05, 3.63) is 35.4 Å². The van der Waals surface area contributed by atoms with E-state index >= 15 is 0 Å². The fraction of sp³-hybridized carbons (Fsp3) is 0.700. The van der Waals surface area contributed by atoms with Gasteiger partial charge in [0.1, 0.15) is 0 Å². The first kappa shape index (κ1) is 17.4. The molecule has 22 heavy (non-hydrogen) atoms. The Hall–Kier alpha value is -0.920. The zero-order chi connectivity index (χ0) is 15.9. The Balaban J connectivity index is 1.71. The topological polar surface area (TPSA) is 0 Å². The van der Waals surface area contributed by atoms with Crippen molar-refractivity contribution in [2.45, 2.75) is 71.6 Å². The van der Waals surface area contributed by atoms with Crippen LogP contribution >= 0.6 is 0 Å². The summed E-state index contributed by atoms with van der Waals surface area (Å²) < 4.78 is 26.8. The van der Waals surface area contributed by atoms with Crippen LogP contribution in [0.5, 0.6) is 0 Å². The molecule has 0 aromatic heterocycles. The van der Waals surface area contributed by atoms with E-state index in [1.165, 1.54) is 51.0 Å². The van der Waals surface area contributed by atoms with E-state index in [1.807, 2.05) is 0 Å². The highest BCUT2D eigenvalue weighted by molar-refractivity contribution is 5.18. The molecule has 0 radical (unpaired) electrons. The van der Waals surface area contributed by atoms with Gasteiger partial charge in [-0.25, -0.2) is 8.78 Å². The van der Waals surface area contributed by atoms with Gasteiger partial charge in [-0.2, -0.15) is 0 Å². The quantitative estimate of drug-likeness (QED) is 0.537. The van der Waals surface area contributed by atoms with Crippen molar-refractivity contribution in [1.29, 1.82) is 0 Å². The minimum absolute atomic E-state index is 0.521. The first-order chi connectivity index (χ1) is 10.6. The molecule has 2 atom stereocenters. The van der Waals surface area contributed by atoms with Gasteiger partial charge in [-0.3, -0.25) is 0 Å². The third-order valence-electron chi connectivity index (χ3n) is 5.51. The van der Waals surface area contributed by atoms with Crippen molar-refractivity contribution >= 4 is 0 Å². The SMILES string of the molecule is CC(CCc1cccc(F)c1F)CCC(C)C1CCCCC1. The molecule has 1 aromatic carbocycles. The van der Waals surface area contributed by atoms with Crippen LogP contribution < -0.4 is 0 Å². The molecular weight excluding hydrogens is 278 g/mol. The monoisotopic (exact) mass is 308 g/mol. The molecule has 124 valence electrons. The highest BCUT2D eigenvalue weighted by Gasteiger charge is 2.20. The molecule has 1 saturated carbocycles. The minimum atomic E-state index is -0.726. The molecule has 0 nitrogen and oxygen atoms in total. The lowest BCUT2D eigenvalue weighted by atomic mass is 9.78. The molecule has 2 heteroatoms. The second-order valence-corrected chi connectivity index (χ2v) is 7.31. The summed E-state index contributed by atoms with van der Waals surface area (Å²) in [5.74, 6) is 0.922. The Bertz CT molecular complexity index is 449. The lowest BCUT2D eigenvalue weighted by Crippen LogP contribution is -2.16. The van der Waals surface area contributed by atoms with Crippen molar-refractivity contribution in [1.82, 2.24) is 0 Å². The Morgan fingerprint density at radius 3 is 2.45 bits per heavy atom. The van der Waals surface area contributed by atoms with Gasteiger partial charge in [-0.05, 0) is 42.2 Å². The smallest absolute Gasteiger partial charge is 0.162 e. The van der Waals surface area contributed by atoms with Gasteiger partial charge < -0.3 is 0 Å². The van der Waals surface area contributed by atoms with Gasteiger partial charge in [0.05, 0.1) is 0 Å². The molecule has 1 aromatic rings. The first-order valence-corrected chi connectivity index (χ1v) is 9.00. The molecule has 0 spiro atoms. The molecular formula is C20H30F2. The van der Waals surface area contributed by atoms with Gasteiger partial charge in [0.25, 0.3) is 0 Å². The van der Waals surface area contributed by atoms with Crippen molar-refractivity contribution in [3.8, 4) is 0 Å². The summed E-state index contributed by atoms with van der Waals surface area (Å²) >= 11 is 0. The average Bonchev–Trinajstić information content (AvgIpc) is 2.54. The van der Waals surface area contributed by atoms with Crippen LogP contribution in [0, 0.1) is 29.4 Å². The van der Waals surface area contributed by atoms with E-state index in [2.05, 4.69) is 13.8 Å². The predicted octanol–water partition coefficient (Wildman–Crippen LogP) is 6.53. The van der Waals surface area contributed by atoms with E-state index in [9.17, 15) is 8.78 Å². The maximum Gasteiger partial charge on any atom is 0.162 e. The fourth-order valence-electron chi connectivity index (χ4n) is 3.77. The second-order valence-electron chi connectivity index (χ2n) is 7.31. The van der Waals surface area contributed by atoms with E-state index in [4.69, 9.17) is 0 Å². The van der Waals surface area contributed by atoms with E-state index < -0.39 is 11.6 Å². The summed E-state index contributed by atoms with van der Waals surface area (Å²) in [4.78, 5) is 0. The summed E-state index contributed by atoms with van der Waals surface area (Å²) in [5, 5.41) is 0. The molecule has 0 N–H and O–H groups in total. The van der Waals surface area contributed by atoms with E-state index in [-0.39, 0.29) is 0 Å². The first-order valence-electron chi connectivity index (χ1n) is 9.00. The van der Waals surface area contributed by atoms with Crippen LogP contribution in [-0.2, 0) is 6.42 Å². The molecule has 1 aliphatic rings. The largest absolute Gasteiger partial charge is 0.204 e. The maximum atomic E-state index is 13.6. The fourth-order valence-corrected chi connectivity index (χ4v) is 3.77. The Kier molecular flexibility index (Phi) is 6.85. The highest BCUT2D eigenvalue weighted by atomic mass is 19.2. The molecule has 0 amide bonds. The van der Waals surface area contributed by atoms with Crippen LogP contribution in [-0.4, -0.2) is 0 Å². The Labute approximate surface area is 134 Å². The van der Waals surface area contributed by atoms with E-state index in [0.717, 1.165) is 18.3 Å². The molecule has 2 rings (SSSR count). The molecule has 2 unspecified atom stereocenters. The van der Waals surface area contributed by atoms with E-state index in [1.54, 1.807) is 12.1 Å². The molecule has 1 fully saturated rings. The van der Waals surface area contributed by atoms with Gasteiger partial charge in [0.2, 0.25) is 0 Å². The summed E-state index contributed by atoms with van der Waals surface area (Å²) in [6.07, 6.45) is 11.1. The second kappa shape index (κ2) is 8.64. The summed E-state index contributed by atoms with van der Waals surface area (Å²) in [6.45, 7) is 4.64. The Morgan fingerprint density at radius 1 is 1.00 bits per heavy atom. The number of benzene rings is 1. The van der Waals surface area contributed by atoms with Gasteiger partial charge in [-0.1, -0.05) is 70.9 Å². The van der Waals surface area contributed by atoms with E-state index in [0.29, 0.717) is 17.9 Å². The van der Waals surface area contributed by atoms with Crippen molar-refractivity contribution in [2.75, 3.05) is 0 Å². The number of hydrogen-bond acceptors (Lipinski definition) is 0. The average molecular weight is 308 g/mol. The molecule has 0 saturated heterocycles. The van der Waals surface area contributed by atoms with Crippen molar-refractivity contribution in [2.24, 2.45) is 17.8 Å². The maximum absolute atomic E-state index is 13.6. The number of rotatable bonds is 7. The third-order valence-corrected chi connectivity index (χ3v) is 5.51. The minimum Gasteiger partial charge on any atom is -0.204 e.